The van der Waals surface area contributed by atoms with Crippen molar-refractivity contribution < 1.29 is 0 Å². The molecule has 0 amide bonds. The highest BCUT2D eigenvalue weighted by Gasteiger charge is 2.20. The summed E-state index contributed by atoms with van der Waals surface area (Å²) >= 11 is 11.1. The van der Waals surface area contributed by atoms with Crippen LogP contribution in [0.1, 0.15) is 11.1 Å². The van der Waals surface area contributed by atoms with E-state index >= 15 is 0 Å². The Hall–Kier alpha value is -2.18. The molecule has 4 nitrogen and oxygen atoms in total. The van der Waals surface area contributed by atoms with Crippen LogP contribution in [0.4, 0.5) is 11.4 Å². The van der Waals surface area contributed by atoms with Crippen molar-refractivity contribution in [3.05, 3.63) is 59.7 Å². The molecular formula is C20H24N4S2. The van der Waals surface area contributed by atoms with E-state index < -0.39 is 0 Å². The second kappa shape index (κ2) is 8.47. The predicted molar refractivity (Wildman–Crippen MR) is 118 cm³/mol. The Balaban J connectivity index is 1.48. The molecule has 0 unspecified atom stereocenters. The Bertz CT molecular complexity index is 696. The van der Waals surface area contributed by atoms with Gasteiger partial charge in [0.2, 0.25) is 0 Å². The number of nitrogens with one attached hydrogen (secondary N) is 2. The maximum atomic E-state index is 5.56. The molecule has 2 aromatic carbocycles. The minimum atomic E-state index is 0.769. The predicted octanol–water partition coefficient (Wildman–Crippen LogP) is 4.01. The molecule has 0 aliphatic carbocycles. The maximum Gasteiger partial charge on any atom is 0.173 e. The molecule has 0 atom stereocenters. The zero-order valence-electron chi connectivity index (χ0n) is 15.2. The van der Waals surface area contributed by atoms with Crippen LogP contribution in [-0.4, -0.2) is 46.2 Å². The SMILES string of the molecule is Cc1ccc(NC(=S)N2CCN(C(=S)Nc3ccc(C)cc3)CC2)cc1. The fourth-order valence-electron chi connectivity index (χ4n) is 2.79. The molecule has 0 aromatic heterocycles. The van der Waals surface area contributed by atoms with Gasteiger partial charge in [0.25, 0.3) is 0 Å². The first-order valence-corrected chi connectivity index (χ1v) is 9.58. The molecule has 0 radical (unpaired) electrons. The summed E-state index contributed by atoms with van der Waals surface area (Å²) in [4.78, 5) is 4.39. The first kappa shape index (κ1) is 18.6. The summed E-state index contributed by atoms with van der Waals surface area (Å²) in [6, 6.07) is 16.5. The van der Waals surface area contributed by atoms with Gasteiger partial charge in [-0.15, -0.1) is 0 Å². The summed E-state index contributed by atoms with van der Waals surface area (Å²) in [5.74, 6) is 0. The molecule has 6 heteroatoms. The zero-order valence-corrected chi connectivity index (χ0v) is 16.8. The molecule has 2 N–H and O–H groups in total. The van der Waals surface area contributed by atoms with Crippen LogP contribution in [0, 0.1) is 13.8 Å². The maximum absolute atomic E-state index is 5.56. The van der Waals surface area contributed by atoms with E-state index in [9.17, 15) is 0 Å². The van der Waals surface area contributed by atoms with Crippen LogP contribution in [0.5, 0.6) is 0 Å². The minimum Gasteiger partial charge on any atom is -0.345 e. The van der Waals surface area contributed by atoms with Crippen LogP contribution in [0.2, 0.25) is 0 Å². The molecule has 1 aliphatic heterocycles. The van der Waals surface area contributed by atoms with Crippen molar-refractivity contribution in [2.24, 2.45) is 0 Å². The number of benzene rings is 2. The Kier molecular flexibility index (Phi) is 6.06. The van der Waals surface area contributed by atoms with E-state index in [1.807, 2.05) is 0 Å². The van der Waals surface area contributed by atoms with E-state index in [2.05, 4.69) is 82.8 Å². The van der Waals surface area contributed by atoms with E-state index in [4.69, 9.17) is 24.4 Å². The molecule has 136 valence electrons. The summed E-state index contributed by atoms with van der Waals surface area (Å²) < 4.78 is 0. The van der Waals surface area contributed by atoms with Gasteiger partial charge in [0.1, 0.15) is 0 Å². The number of hydrogen-bond acceptors (Lipinski definition) is 2. The molecule has 1 fully saturated rings. The first-order chi connectivity index (χ1) is 12.5. The highest BCUT2D eigenvalue weighted by Crippen LogP contribution is 2.13. The van der Waals surface area contributed by atoms with Crippen LogP contribution >= 0.6 is 24.4 Å². The summed E-state index contributed by atoms with van der Waals surface area (Å²) in [7, 11) is 0. The van der Waals surface area contributed by atoms with Crippen LogP contribution in [0.15, 0.2) is 48.5 Å². The van der Waals surface area contributed by atoms with E-state index in [1.165, 1.54) is 11.1 Å². The number of nitrogens with zero attached hydrogens (tertiary/aromatic N) is 2. The molecule has 2 aromatic rings. The van der Waals surface area contributed by atoms with Crippen molar-refractivity contribution in [3.8, 4) is 0 Å². The number of anilines is 2. The number of piperazine rings is 1. The van der Waals surface area contributed by atoms with E-state index in [1.54, 1.807) is 0 Å². The second-order valence-electron chi connectivity index (χ2n) is 6.57. The Morgan fingerprint density at radius 2 is 0.962 bits per heavy atom. The summed E-state index contributed by atoms with van der Waals surface area (Å²) in [6.45, 7) is 7.57. The third-order valence-corrected chi connectivity index (χ3v) is 5.18. The standard InChI is InChI=1S/C20H24N4S2/c1-15-3-7-17(8-4-15)21-19(25)23-11-13-24(14-12-23)20(26)22-18-9-5-16(2)6-10-18/h3-10H,11-14H2,1-2H3,(H,21,25)(H,22,26). The number of aryl methyl sites for hydroxylation is 2. The van der Waals surface area contributed by atoms with E-state index in [-0.39, 0.29) is 0 Å². The lowest BCUT2D eigenvalue weighted by Crippen LogP contribution is -2.52. The molecule has 1 heterocycles. The fourth-order valence-corrected chi connectivity index (χ4v) is 3.39. The normalized spacial score (nSPS) is 14.1. The lowest BCUT2D eigenvalue weighted by atomic mass is 10.2. The van der Waals surface area contributed by atoms with Crippen molar-refractivity contribution in [3.63, 3.8) is 0 Å². The van der Waals surface area contributed by atoms with Gasteiger partial charge in [-0.3, -0.25) is 0 Å². The van der Waals surface area contributed by atoms with Crippen LogP contribution < -0.4 is 10.6 Å². The molecule has 1 aliphatic rings. The van der Waals surface area contributed by atoms with Gasteiger partial charge in [-0.05, 0) is 62.5 Å². The molecule has 1 saturated heterocycles. The van der Waals surface area contributed by atoms with Gasteiger partial charge in [-0.25, -0.2) is 0 Å². The monoisotopic (exact) mass is 384 g/mol. The van der Waals surface area contributed by atoms with Crippen LogP contribution in [0.25, 0.3) is 0 Å². The Labute approximate surface area is 166 Å². The summed E-state index contributed by atoms with van der Waals surface area (Å²) in [5, 5.41) is 8.18. The number of thiocarbonyl (C=S) groups is 2. The third kappa shape index (κ3) is 4.93. The van der Waals surface area contributed by atoms with E-state index in [0.717, 1.165) is 47.8 Å². The zero-order chi connectivity index (χ0) is 18.5. The molecule has 0 bridgehead atoms. The Morgan fingerprint density at radius 1 is 0.654 bits per heavy atom. The molecular weight excluding hydrogens is 360 g/mol. The minimum absolute atomic E-state index is 0.769. The lowest BCUT2D eigenvalue weighted by Gasteiger charge is -2.37. The van der Waals surface area contributed by atoms with Gasteiger partial charge in [-0.2, -0.15) is 0 Å². The quantitative estimate of drug-likeness (QED) is 0.761. The molecule has 26 heavy (non-hydrogen) atoms. The van der Waals surface area contributed by atoms with Crippen molar-refractivity contribution in [2.75, 3.05) is 36.8 Å². The van der Waals surface area contributed by atoms with Gasteiger partial charge in [0.15, 0.2) is 10.2 Å². The van der Waals surface area contributed by atoms with Gasteiger partial charge in [-0.1, -0.05) is 35.4 Å². The lowest BCUT2D eigenvalue weighted by molar-refractivity contribution is 0.264. The molecule has 3 rings (SSSR count). The van der Waals surface area contributed by atoms with Gasteiger partial charge in [0, 0.05) is 37.6 Å². The molecule has 0 spiro atoms. The van der Waals surface area contributed by atoms with Crippen LogP contribution in [0.3, 0.4) is 0 Å². The van der Waals surface area contributed by atoms with E-state index in [0.29, 0.717) is 0 Å². The largest absolute Gasteiger partial charge is 0.345 e. The number of hydrogen-bond donors (Lipinski definition) is 2. The Morgan fingerprint density at radius 3 is 1.27 bits per heavy atom. The topological polar surface area (TPSA) is 30.5 Å². The van der Waals surface area contributed by atoms with Gasteiger partial charge in [0.05, 0.1) is 0 Å². The van der Waals surface area contributed by atoms with Gasteiger partial charge >= 0.3 is 0 Å². The third-order valence-electron chi connectivity index (χ3n) is 4.46. The average Bonchev–Trinajstić information content (AvgIpc) is 2.65. The van der Waals surface area contributed by atoms with Gasteiger partial charge < -0.3 is 20.4 Å². The molecule has 0 saturated carbocycles. The van der Waals surface area contributed by atoms with Crippen molar-refractivity contribution in [1.29, 1.82) is 0 Å². The highest BCUT2D eigenvalue weighted by atomic mass is 32.1. The van der Waals surface area contributed by atoms with Crippen LogP contribution in [-0.2, 0) is 0 Å². The smallest absolute Gasteiger partial charge is 0.173 e. The number of rotatable bonds is 2. The van der Waals surface area contributed by atoms with Crippen molar-refractivity contribution in [2.45, 2.75) is 13.8 Å². The van der Waals surface area contributed by atoms with Crippen molar-refractivity contribution in [1.82, 2.24) is 9.80 Å². The highest BCUT2D eigenvalue weighted by molar-refractivity contribution is 7.80. The summed E-state index contributed by atoms with van der Waals surface area (Å²) in [6.07, 6.45) is 0. The van der Waals surface area contributed by atoms with Crippen molar-refractivity contribution >= 4 is 46.0 Å². The first-order valence-electron chi connectivity index (χ1n) is 8.76. The summed E-state index contributed by atoms with van der Waals surface area (Å²) in [5.41, 5.74) is 4.54. The fraction of sp³-hybridized carbons (Fsp3) is 0.300. The average molecular weight is 385 g/mol. The second-order valence-corrected chi connectivity index (χ2v) is 7.34.